The molecule has 0 bridgehead atoms. The number of hydrogen-bond donors (Lipinski definition) is 0. The molecule has 0 aromatic rings. The van der Waals surface area contributed by atoms with Gasteiger partial charge in [0.15, 0.2) is 0 Å². The first-order valence-corrected chi connectivity index (χ1v) is 5.53. The van der Waals surface area contributed by atoms with E-state index in [4.69, 9.17) is 4.74 Å². The van der Waals surface area contributed by atoms with Crippen LogP contribution in [0, 0.1) is 11.8 Å². The van der Waals surface area contributed by atoms with E-state index in [1.165, 1.54) is 6.42 Å². The molecule has 1 atom stereocenters. The summed E-state index contributed by atoms with van der Waals surface area (Å²) in [5.74, 6) is 1.38. The van der Waals surface area contributed by atoms with Gasteiger partial charge in [-0.3, -0.25) is 0 Å². The lowest BCUT2D eigenvalue weighted by Crippen LogP contribution is -2.27. The Morgan fingerprint density at radius 1 is 1.15 bits per heavy atom. The summed E-state index contributed by atoms with van der Waals surface area (Å²) >= 11 is 0. The van der Waals surface area contributed by atoms with E-state index < -0.39 is 0 Å². The van der Waals surface area contributed by atoms with E-state index in [0.29, 0.717) is 5.92 Å². The third kappa shape index (κ3) is 6.09. The van der Waals surface area contributed by atoms with Gasteiger partial charge in [0, 0.05) is 0 Å². The molecule has 0 spiro atoms. The topological polar surface area (TPSA) is 9.23 Å². The van der Waals surface area contributed by atoms with E-state index in [1.807, 2.05) is 0 Å². The third-order valence-corrected chi connectivity index (χ3v) is 2.73. The van der Waals surface area contributed by atoms with Crippen LogP contribution in [0.5, 0.6) is 0 Å². The molecule has 0 radical (unpaired) electrons. The minimum absolute atomic E-state index is 0.0674. The van der Waals surface area contributed by atoms with Gasteiger partial charge in [0.05, 0.1) is 12.2 Å². The lowest BCUT2D eigenvalue weighted by molar-refractivity contribution is -0.0445. The average molecular weight is 186 g/mol. The Morgan fingerprint density at radius 3 is 2.08 bits per heavy atom. The molecule has 0 aliphatic rings. The number of rotatable bonds is 6. The van der Waals surface area contributed by atoms with E-state index in [0.717, 1.165) is 18.9 Å². The first-order chi connectivity index (χ1) is 5.89. The summed E-state index contributed by atoms with van der Waals surface area (Å²) in [4.78, 5) is 0. The molecule has 1 heteroatoms. The maximum atomic E-state index is 5.89. The van der Waals surface area contributed by atoms with Crippen molar-refractivity contribution in [1.29, 1.82) is 0 Å². The molecule has 0 heterocycles. The van der Waals surface area contributed by atoms with Gasteiger partial charge in [-0.15, -0.1) is 0 Å². The van der Waals surface area contributed by atoms with Crippen LogP contribution in [-0.2, 0) is 4.74 Å². The van der Waals surface area contributed by atoms with Crippen LogP contribution in [-0.4, -0.2) is 12.2 Å². The second-order valence-electron chi connectivity index (χ2n) is 5.04. The standard InChI is InChI=1S/C12H26O/c1-7-8-12(5,6)13-9-11(4)10(2)3/h10-11H,7-9H2,1-6H3. The van der Waals surface area contributed by atoms with Crippen molar-refractivity contribution in [3.63, 3.8) is 0 Å². The molecular weight excluding hydrogens is 160 g/mol. The largest absolute Gasteiger partial charge is 0.375 e. The van der Waals surface area contributed by atoms with Crippen molar-refractivity contribution >= 4 is 0 Å². The van der Waals surface area contributed by atoms with Crippen molar-refractivity contribution in [3.05, 3.63) is 0 Å². The van der Waals surface area contributed by atoms with Gasteiger partial charge in [-0.1, -0.05) is 34.1 Å². The average Bonchev–Trinajstić information content (AvgIpc) is 2.00. The van der Waals surface area contributed by atoms with Crippen LogP contribution in [0.4, 0.5) is 0 Å². The van der Waals surface area contributed by atoms with E-state index >= 15 is 0 Å². The first kappa shape index (κ1) is 13.0. The van der Waals surface area contributed by atoms with Gasteiger partial charge in [-0.25, -0.2) is 0 Å². The van der Waals surface area contributed by atoms with Gasteiger partial charge >= 0.3 is 0 Å². The Hall–Kier alpha value is -0.0400. The van der Waals surface area contributed by atoms with Crippen molar-refractivity contribution in [2.24, 2.45) is 11.8 Å². The predicted molar refractivity (Wildman–Crippen MR) is 58.9 cm³/mol. The summed E-state index contributed by atoms with van der Waals surface area (Å²) in [6.07, 6.45) is 2.35. The fourth-order valence-corrected chi connectivity index (χ4v) is 1.22. The minimum atomic E-state index is 0.0674. The summed E-state index contributed by atoms with van der Waals surface area (Å²) in [6.45, 7) is 14.2. The summed E-state index contributed by atoms with van der Waals surface area (Å²) in [6, 6.07) is 0. The SMILES string of the molecule is CCCC(C)(C)OCC(C)C(C)C. The Balaban J connectivity index is 3.73. The van der Waals surface area contributed by atoms with E-state index in [-0.39, 0.29) is 5.60 Å². The monoisotopic (exact) mass is 186 g/mol. The molecule has 0 fully saturated rings. The van der Waals surface area contributed by atoms with Crippen molar-refractivity contribution in [1.82, 2.24) is 0 Å². The van der Waals surface area contributed by atoms with Crippen LogP contribution >= 0.6 is 0 Å². The second-order valence-corrected chi connectivity index (χ2v) is 5.04. The van der Waals surface area contributed by atoms with Crippen molar-refractivity contribution in [2.45, 2.75) is 60.0 Å². The van der Waals surface area contributed by atoms with E-state index in [9.17, 15) is 0 Å². The van der Waals surface area contributed by atoms with Crippen LogP contribution < -0.4 is 0 Å². The molecule has 0 aliphatic heterocycles. The summed E-state index contributed by atoms with van der Waals surface area (Å²) < 4.78 is 5.89. The molecule has 80 valence electrons. The van der Waals surface area contributed by atoms with Gasteiger partial charge in [0.25, 0.3) is 0 Å². The van der Waals surface area contributed by atoms with Crippen molar-refractivity contribution in [3.8, 4) is 0 Å². The smallest absolute Gasteiger partial charge is 0.0626 e. The Kier molecular flexibility index (Phi) is 5.62. The Bertz CT molecular complexity index is 127. The number of hydrogen-bond acceptors (Lipinski definition) is 1. The molecule has 13 heavy (non-hydrogen) atoms. The van der Waals surface area contributed by atoms with Gasteiger partial charge in [-0.2, -0.15) is 0 Å². The van der Waals surface area contributed by atoms with Gasteiger partial charge in [-0.05, 0) is 32.1 Å². The highest BCUT2D eigenvalue weighted by atomic mass is 16.5. The summed E-state index contributed by atoms with van der Waals surface area (Å²) in [5, 5.41) is 0. The molecule has 1 nitrogen and oxygen atoms in total. The van der Waals surface area contributed by atoms with Crippen LogP contribution in [0.15, 0.2) is 0 Å². The summed E-state index contributed by atoms with van der Waals surface area (Å²) in [5.41, 5.74) is 0.0674. The van der Waals surface area contributed by atoms with Crippen molar-refractivity contribution < 1.29 is 4.74 Å². The molecule has 0 aromatic heterocycles. The molecule has 0 saturated heterocycles. The maximum Gasteiger partial charge on any atom is 0.0626 e. The molecule has 0 saturated carbocycles. The van der Waals surface area contributed by atoms with Crippen molar-refractivity contribution in [2.75, 3.05) is 6.61 Å². The fraction of sp³-hybridized carbons (Fsp3) is 1.00. The summed E-state index contributed by atoms with van der Waals surface area (Å²) in [7, 11) is 0. The normalized spacial score (nSPS) is 15.0. The van der Waals surface area contributed by atoms with Gasteiger partial charge in [0.2, 0.25) is 0 Å². The Morgan fingerprint density at radius 2 is 1.69 bits per heavy atom. The predicted octanol–water partition coefficient (Wildman–Crippen LogP) is 3.87. The molecule has 0 rings (SSSR count). The van der Waals surface area contributed by atoms with E-state index in [1.54, 1.807) is 0 Å². The molecule has 1 unspecified atom stereocenters. The van der Waals surface area contributed by atoms with Crippen LogP contribution in [0.1, 0.15) is 54.4 Å². The van der Waals surface area contributed by atoms with Crippen LogP contribution in [0.25, 0.3) is 0 Å². The molecule has 0 N–H and O–H groups in total. The highest BCUT2D eigenvalue weighted by Crippen LogP contribution is 2.19. The van der Waals surface area contributed by atoms with Crippen LogP contribution in [0.3, 0.4) is 0 Å². The van der Waals surface area contributed by atoms with Gasteiger partial charge in [0.1, 0.15) is 0 Å². The van der Waals surface area contributed by atoms with Gasteiger partial charge < -0.3 is 4.74 Å². The Labute approximate surface area is 83.9 Å². The van der Waals surface area contributed by atoms with E-state index in [2.05, 4.69) is 41.5 Å². The number of ether oxygens (including phenoxy) is 1. The zero-order chi connectivity index (χ0) is 10.5. The zero-order valence-electron chi connectivity index (χ0n) is 10.2. The third-order valence-electron chi connectivity index (χ3n) is 2.73. The zero-order valence-corrected chi connectivity index (χ0v) is 10.2. The minimum Gasteiger partial charge on any atom is -0.375 e. The molecular formula is C12H26O. The highest BCUT2D eigenvalue weighted by Gasteiger charge is 2.18. The lowest BCUT2D eigenvalue weighted by atomic mass is 9.98. The second kappa shape index (κ2) is 5.64. The molecule has 0 aromatic carbocycles. The highest BCUT2D eigenvalue weighted by molar-refractivity contribution is 4.68. The molecule has 0 aliphatic carbocycles. The lowest BCUT2D eigenvalue weighted by Gasteiger charge is -2.27. The quantitative estimate of drug-likeness (QED) is 0.612. The molecule has 0 amide bonds. The van der Waals surface area contributed by atoms with Crippen LogP contribution in [0.2, 0.25) is 0 Å². The first-order valence-electron chi connectivity index (χ1n) is 5.53. The fourth-order valence-electron chi connectivity index (χ4n) is 1.22. The maximum absolute atomic E-state index is 5.89.